The molecule has 7 aliphatic rings. The summed E-state index contributed by atoms with van der Waals surface area (Å²) in [6, 6.07) is 0. The lowest BCUT2D eigenvalue weighted by molar-refractivity contribution is -0.281. The summed E-state index contributed by atoms with van der Waals surface area (Å²) in [6.45, 7) is 10.5. The van der Waals surface area contributed by atoms with Crippen molar-refractivity contribution in [3.63, 3.8) is 0 Å². The van der Waals surface area contributed by atoms with Crippen LogP contribution >= 0.6 is 0 Å². The lowest BCUT2D eigenvalue weighted by Gasteiger charge is -2.48. The highest BCUT2D eigenvalue weighted by Crippen LogP contribution is 2.43. The van der Waals surface area contributed by atoms with Gasteiger partial charge in [-0.15, -0.1) is 0 Å². The van der Waals surface area contributed by atoms with Crippen LogP contribution in [-0.2, 0) is 42.7 Å². The van der Waals surface area contributed by atoms with Crippen molar-refractivity contribution >= 4 is 11.6 Å². The van der Waals surface area contributed by atoms with Gasteiger partial charge in [-0.05, 0) is 68.4 Å². The van der Waals surface area contributed by atoms with E-state index in [-0.39, 0.29) is 86.5 Å². The summed E-state index contributed by atoms with van der Waals surface area (Å²) in [5.74, 6) is -0.718. The van der Waals surface area contributed by atoms with Gasteiger partial charge in [0.2, 0.25) is 0 Å². The number of Topliss-reactive ketones (excluding diaryl/α,β-unsaturated/α-hetero) is 2. The Morgan fingerprint density at radius 1 is 0.815 bits per heavy atom. The second kappa shape index (κ2) is 17.5. The molecule has 0 spiro atoms. The molecule has 0 amide bonds. The van der Waals surface area contributed by atoms with Crippen LogP contribution in [0.25, 0.3) is 0 Å². The number of carbonyl (C=O) groups is 2. The predicted octanol–water partition coefficient (Wildman–Crippen LogP) is 2.52. The van der Waals surface area contributed by atoms with E-state index < -0.39 is 79.7 Å². The number of ether oxygens (including phenoxy) is 7. The van der Waals surface area contributed by atoms with Crippen LogP contribution in [-0.4, -0.2) is 144 Å². The van der Waals surface area contributed by atoms with Crippen LogP contribution in [0.2, 0.25) is 0 Å². The Balaban J connectivity index is 1.13. The van der Waals surface area contributed by atoms with E-state index in [0.29, 0.717) is 32.1 Å². The summed E-state index contributed by atoms with van der Waals surface area (Å²) in [5.41, 5.74) is 2.00. The maximum Gasteiger partial charge on any atom is 0.138 e. The molecule has 0 aromatic rings. The fourth-order valence-electron chi connectivity index (χ4n) is 10.4. The van der Waals surface area contributed by atoms with Crippen molar-refractivity contribution in [1.29, 1.82) is 0 Å². The molecule has 304 valence electrons. The third kappa shape index (κ3) is 8.77. The molecule has 8 bridgehead atoms. The van der Waals surface area contributed by atoms with E-state index in [4.69, 9.17) is 33.2 Å². The van der Waals surface area contributed by atoms with Gasteiger partial charge in [-0.2, -0.15) is 0 Å². The van der Waals surface area contributed by atoms with E-state index >= 15 is 0 Å². The van der Waals surface area contributed by atoms with Gasteiger partial charge in [0, 0.05) is 51.0 Å². The highest BCUT2D eigenvalue weighted by Gasteiger charge is 2.53. The Kier molecular flexibility index (Phi) is 13.1. The fourth-order valence-corrected chi connectivity index (χ4v) is 10.4. The van der Waals surface area contributed by atoms with Gasteiger partial charge in [-0.25, -0.2) is 0 Å². The van der Waals surface area contributed by atoms with Crippen molar-refractivity contribution in [2.75, 3.05) is 20.3 Å². The van der Waals surface area contributed by atoms with Gasteiger partial charge in [0.05, 0.1) is 80.4 Å². The topological polar surface area (TPSA) is 180 Å². The number of aliphatic hydroxyl groups is 4. The van der Waals surface area contributed by atoms with Gasteiger partial charge in [-0.1, -0.05) is 20.1 Å². The van der Waals surface area contributed by atoms with Crippen LogP contribution in [0.15, 0.2) is 24.3 Å². The van der Waals surface area contributed by atoms with Crippen LogP contribution in [0.1, 0.15) is 90.4 Å². The molecule has 7 aliphatic heterocycles. The number of methoxy groups -OCH3 is 1. The maximum absolute atomic E-state index is 13.9. The Labute approximate surface area is 318 Å². The summed E-state index contributed by atoms with van der Waals surface area (Å²) >= 11 is 0. The summed E-state index contributed by atoms with van der Waals surface area (Å²) < 4.78 is 44.6. The minimum atomic E-state index is -1.11. The molecule has 14 unspecified atom stereocenters. The summed E-state index contributed by atoms with van der Waals surface area (Å²) in [4.78, 5) is 27.4. The normalized spacial score (nSPS) is 47.3. The summed E-state index contributed by atoms with van der Waals surface area (Å²) in [7, 11) is 1.58. The van der Waals surface area contributed by atoms with E-state index in [2.05, 4.69) is 20.1 Å². The van der Waals surface area contributed by atoms with Crippen LogP contribution in [0.3, 0.4) is 0 Å². The monoisotopic (exact) mass is 762 g/mol. The number of carbonyl (C=O) groups excluding carboxylic acids is 2. The third-order valence-electron chi connectivity index (χ3n) is 13.4. The van der Waals surface area contributed by atoms with Crippen molar-refractivity contribution in [3.8, 4) is 0 Å². The molecule has 0 aromatic carbocycles. The Bertz CT molecular complexity index is 1360. The van der Waals surface area contributed by atoms with Crippen LogP contribution in [0.5, 0.6) is 0 Å². The third-order valence-corrected chi connectivity index (χ3v) is 13.4. The SMILES string of the molecule is C=C1CC2CCC(=O)C3COC4C(O)C5OC(CCC5OC4C(O)C3)CC(=O)CC3[C@@H](OC)C(CC(O)CO)O[C@H]3CC3O[C@@H](CCC1O2)C[C@@H](C)C3=C. The number of fused-ring (bicyclic) bond motifs is 8. The van der Waals surface area contributed by atoms with Gasteiger partial charge in [0.1, 0.15) is 36.0 Å². The standard InChI is InChI=1S/C41H62O13/c1-20-11-27-6-9-32-21(2)12-26(50-32)5-8-30(45)23-13-31(46)39-41(49-19-23)37(47)40-33(54-39)10-7-28(52-40)14-24(43)15-29-35(17-34(51-27)22(20)3)53-36(38(29)48-4)16-25(44)18-42/h20,23,25-29,31-42,44,46-47H,2-3,5-19H2,1,4H3/t20-,23?,25?,26?,27+,28?,29?,31?,32?,33?,34?,35+,36?,37?,38-,39?,40?,41?/m1/s1. The largest absolute Gasteiger partial charge is 0.394 e. The van der Waals surface area contributed by atoms with Crippen LogP contribution in [0, 0.1) is 17.8 Å². The molecule has 7 heterocycles. The van der Waals surface area contributed by atoms with Gasteiger partial charge in [-0.3, -0.25) is 9.59 Å². The second-order valence-corrected chi connectivity index (χ2v) is 17.2. The molecule has 0 aromatic heterocycles. The summed E-state index contributed by atoms with van der Waals surface area (Å²) in [5, 5.41) is 42.9. The van der Waals surface area contributed by atoms with E-state index in [1.54, 1.807) is 7.11 Å². The van der Waals surface area contributed by atoms with Gasteiger partial charge < -0.3 is 53.6 Å². The lowest BCUT2D eigenvalue weighted by Crippen LogP contribution is -2.63. The molecule has 13 heteroatoms. The minimum absolute atomic E-state index is 0.00571. The fraction of sp³-hybridized carbons (Fsp3) is 0.854. The first-order valence-corrected chi connectivity index (χ1v) is 20.4. The average molecular weight is 763 g/mol. The minimum Gasteiger partial charge on any atom is -0.394 e. The van der Waals surface area contributed by atoms with Crippen LogP contribution < -0.4 is 0 Å². The summed E-state index contributed by atoms with van der Waals surface area (Å²) in [6.07, 6.45) is -2.55. The molecule has 7 saturated heterocycles. The average Bonchev–Trinajstić information content (AvgIpc) is 3.60. The number of hydrogen-bond donors (Lipinski definition) is 4. The molecule has 18 atom stereocenters. The zero-order valence-corrected chi connectivity index (χ0v) is 31.9. The zero-order chi connectivity index (χ0) is 38.3. The van der Waals surface area contributed by atoms with Crippen molar-refractivity contribution in [1.82, 2.24) is 0 Å². The predicted molar refractivity (Wildman–Crippen MR) is 193 cm³/mol. The lowest BCUT2D eigenvalue weighted by atomic mass is 9.81. The quantitative estimate of drug-likeness (QED) is 0.308. The molecule has 7 fully saturated rings. The van der Waals surface area contributed by atoms with Crippen molar-refractivity contribution in [2.45, 2.75) is 182 Å². The number of rotatable bonds is 4. The van der Waals surface area contributed by atoms with Crippen molar-refractivity contribution < 1.29 is 63.2 Å². The van der Waals surface area contributed by atoms with Crippen molar-refractivity contribution in [3.05, 3.63) is 24.3 Å². The highest BCUT2D eigenvalue weighted by molar-refractivity contribution is 5.81. The number of ketones is 2. The molecule has 54 heavy (non-hydrogen) atoms. The molecule has 4 N–H and O–H groups in total. The highest BCUT2D eigenvalue weighted by atomic mass is 16.6. The van der Waals surface area contributed by atoms with E-state index in [9.17, 15) is 30.0 Å². The van der Waals surface area contributed by atoms with E-state index in [1.165, 1.54) is 0 Å². The van der Waals surface area contributed by atoms with Gasteiger partial charge in [0.15, 0.2) is 0 Å². The molecule has 7 rings (SSSR count). The number of aliphatic hydroxyl groups excluding tert-OH is 4. The Morgan fingerprint density at radius 3 is 2.35 bits per heavy atom. The van der Waals surface area contributed by atoms with Gasteiger partial charge >= 0.3 is 0 Å². The Morgan fingerprint density at radius 2 is 1.57 bits per heavy atom. The van der Waals surface area contributed by atoms with E-state index in [1.807, 2.05) is 0 Å². The molecule has 0 aliphatic carbocycles. The first-order valence-electron chi connectivity index (χ1n) is 20.4. The molecule has 0 radical (unpaired) electrons. The Hall–Kier alpha value is -1.62. The molecular formula is C41H62O13. The molecule has 13 nitrogen and oxygen atoms in total. The molecular weight excluding hydrogens is 700 g/mol. The smallest absolute Gasteiger partial charge is 0.138 e. The van der Waals surface area contributed by atoms with E-state index in [0.717, 1.165) is 30.4 Å². The van der Waals surface area contributed by atoms with Crippen molar-refractivity contribution in [2.24, 2.45) is 17.8 Å². The first-order chi connectivity index (χ1) is 25.9. The number of hydrogen-bond acceptors (Lipinski definition) is 13. The van der Waals surface area contributed by atoms with Crippen LogP contribution in [0.4, 0.5) is 0 Å². The molecule has 0 saturated carbocycles. The van der Waals surface area contributed by atoms with Gasteiger partial charge in [0.25, 0.3) is 0 Å². The maximum atomic E-state index is 13.9. The first kappa shape index (κ1) is 40.6. The zero-order valence-electron chi connectivity index (χ0n) is 31.9. The second-order valence-electron chi connectivity index (χ2n) is 17.2.